The van der Waals surface area contributed by atoms with Gasteiger partial charge in [0.05, 0.1) is 6.61 Å². The van der Waals surface area contributed by atoms with Gasteiger partial charge >= 0.3 is 0 Å². The molecule has 3 heteroatoms. The molecule has 1 saturated heterocycles. The van der Waals surface area contributed by atoms with E-state index < -0.39 is 0 Å². The molecule has 15 heavy (non-hydrogen) atoms. The summed E-state index contributed by atoms with van der Waals surface area (Å²) < 4.78 is 5.37. The van der Waals surface area contributed by atoms with E-state index in [1.165, 1.54) is 11.1 Å². The molecule has 2 nitrogen and oxygen atoms in total. The van der Waals surface area contributed by atoms with E-state index in [1.54, 1.807) is 0 Å². The quantitative estimate of drug-likeness (QED) is 0.857. The first-order chi connectivity index (χ1) is 7.31. The van der Waals surface area contributed by atoms with Crippen molar-refractivity contribution in [1.29, 1.82) is 0 Å². The second kappa shape index (κ2) is 4.97. The van der Waals surface area contributed by atoms with Crippen LogP contribution in [0.1, 0.15) is 23.5 Å². The van der Waals surface area contributed by atoms with Crippen LogP contribution in [0.2, 0.25) is 5.02 Å². The lowest BCUT2D eigenvalue weighted by molar-refractivity contribution is 0.194. The number of halogens is 1. The van der Waals surface area contributed by atoms with Crippen LogP contribution < -0.4 is 5.73 Å². The Hall–Kier alpha value is -0.570. The summed E-state index contributed by atoms with van der Waals surface area (Å²) in [6, 6.07) is 6.27. The number of nitrogens with two attached hydrogens (primary N) is 1. The lowest BCUT2D eigenvalue weighted by atomic mass is 9.97. The third-order valence-corrected chi connectivity index (χ3v) is 3.19. The molecule has 0 saturated carbocycles. The molecular formula is C12H16ClNO. The Morgan fingerprint density at radius 2 is 2.33 bits per heavy atom. The lowest BCUT2D eigenvalue weighted by Gasteiger charge is -2.11. The van der Waals surface area contributed by atoms with Gasteiger partial charge in [-0.15, -0.1) is 0 Å². The van der Waals surface area contributed by atoms with Crippen molar-refractivity contribution in [2.24, 2.45) is 5.73 Å². The van der Waals surface area contributed by atoms with E-state index in [9.17, 15) is 0 Å². The SMILES string of the molecule is NCCc1ccc(C2CCOC2)c(Cl)c1. The fourth-order valence-electron chi connectivity index (χ4n) is 2.00. The third kappa shape index (κ3) is 2.51. The summed E-state index contributed by atoms with van der Waals surface area (Å²) in [5, 5.41) is 0.858. The van der Waals surface area contributed by atoms with E-state index in [0.717, 1.165) is 31.1 Å². The Morgan fingerprint density at radius 1 is 1.47 bits per heavy atom. The highest BCUT2D eigenvalue weighted by atomic mass is 35.5. The van der Waals surface area contributed by atoms with Gasteiger partial charge in [-0.2, -0.15) is 0 Å². The minimum absolute atomic E-state index is 0.476. The van der Waals surface area contributed by atoms with E-state index in [1.807, 2.05) is 6.07 Å². The number of hydrogen-bond donors (Lipinski definition) is 1. The Bertz CT molecular complexity index is 334. The summed E-state index contributed by atoms with van der Waals surface area (Å²) in [4.78, 5) is 0. The number of benzene rings is 1. The third-order valence-electron chi connectivity index (χ3n) is 2.87. The van der Waals surface area contributed by atoms with Gasteiger partial charge in [0.1, 0.15) is 0 Å². The first-order valence-electron chi connectivity index (χ1n) is 5.37. The Labute approximate surface area is 95.4 Å². The van der Waals surface area contributed by atoms with Gasteiger partial charge in [-0.1, -0.05) is 23.7 Å². The van der Waals surface area contributed by atoms with Crippen LogP contribution in [0.3, 0.4) is 0 Å². The van der Waals surface area contributed by atoms with E-state index in [0.29, 0.717) is 12.5 Å². The average Bonchev–Trinajstić information content (AvgIpc) is 2.71. The minimum Gasteiger partial charge on any atom is -0.381 e. The van der Waals surface area contributed by atoms with Crippen LogP contribution in [0.25, 0.3) is 0 Å². The van der Waals surface area contributed by atoms with Gasteiger partial charge in [-0.3, -0.25) is 0 Å². The maximum atomic E-state index is 6.25. The zero-order chi connectivity index (χ0) is 10.7. The van der Waals surface area contributed by atoms with E-state index >= 15 is 0 Å². The summed E-state index contributed by atoms with van der Waals surface area (Å²) in [5.74, 6) is 0.476. The van der Waals surface area contributed by atoms with Crippen LogP contribution in [0, 0.1) is 0 Å². The molecule has 82 valence electrons. The van der Waals surface area contributed by atoms with Crippen molar-refractivity contribution >= 4 is 11.6 Å². The highest BCUT2D eigenvalue weighted by molar-refractivity contribution is 6.31. The molecule has 1 heterocycles. The highest BCUT2D eigenvalue weighted by Crippen LogP contribution is 2.31. The number of rotatable bonds is 3. The highest BCUT2D eigenvalue weighted by Gasteiger charge is 2.19. The van der Waals surface area contributed by atoms with Crippen LogP contribution in [0.15, 0.2) is 18.2 Å². The van der Waals surface area contributed by atoms with Gasteiger partial charge in [0.15, 0.2) is 0 Å². The fourth-order valence-corrected chi connectivity index (χ4v) is 2.36. The minimum atomic E-state index is 0.476. The summed E-state index contributed by atoms with van der Waals surface area (Å²) in [7, 11) is 0. The molecule has 1 fully saturated rings. The molecule has 2 rings (SSSR count). The molecule has 1 unspecified atom stereocenters. The lowest BCUT2D eigenvalue weighted by Crippen LogP contribution is -2.04. The predicted octanol–water partition coefficient (Wildman–Crippen LogP) is 2.35. The Morgan fingerprint density at radius 3 is 2.93 bits per heavy atom. The fraction of sp³-hybridized carbons (Fsp3) is 0.500. The van der Waals surface area contributed by atoms with Crippen LogP contribution in [0.5, 0.6) is 0 Å². The molecule has 1 aliphatic rings. The molecule has 2 N–H and O–H groups in total. The molecule has 1 atom stereocenters. The molecule has 1 aromatic carbocycles. The average molecular weight is 226 g/mol. The molecule has 0 aromatic heterocycles. The predicted molar refractivity (Wildman–Crippen MR) is 62.4 cm³/mol. The molecule has 0 amide bonds. The maximum absolute atomic E-state index is 6.25. The van der Waals surface area contributed by atoms with Crippen molar-refractivity contribution < 1.29 is 4.74 Å². The topological polar surface area (TPSA) is 35.2 Å². The van der Waals surface area contributed by atoms with E-state index in [-0.39, 0.29) is 0 Å². The van der Waals surface area contributed by atoms with E-state index in [2.05, 4.69) is 12.1 Å². The zero-order valence-electron chi connectivity index (χ0n) is 8.71. The normalized spacial score (nSPS) is 20.8. The summed E-state index contributed by atoms with van der Waals surface area (Å²) >= 11 is 6.25. The largest absolute Gasteiger partial charge is 0.381 e. The first kappa shape index (κ1) is 10.9. The standard InChI is InChI=1S/C12H16ClNO/c13-12-7-9(3-5-14)1-2-11(12)10-4-6-15-8-10/h1-2,7,10H,3-6,8,14H2. The van der Waals surface area contributed by atoms with Crippen molar-refractivity contribution in [3.8, 4) is 0 Å². The van der Waals surface area contributed by atoms with Crippen LogP contribution in [-0.4, -0.2) is 19.8 Å². The van der Waals surface area contributed by atoms with Gasteiger partial charge in [0.25, 0.3) is 0 Å². The van der Waals surface area contributed by atoms with Crippen molar-refractivity contribution in [2.75, 3.05) is 19.8 Å². The smallest absolute Gasteiger partial charge is 0.0536 e. The Kier molecular flexibility index (Phi) is 3.62. The molecular weight excluding hydrogens is 210 g/mol. The number of ether oxygens (including phenoxy) is 1. The van der Waals surface area contributed by atoms with E-state index in [4.69, 9.17) is 22.1 Å². The second-order valence-corrected chi connectivity index (χ2v) is 4.36. The summed E-state index contributed by atoms with van der Waals surface area (Å²) in [6.45, 7) is 2.32. The Balaban J connectivity index is 2.18. The summed E-state index contributed by atoms with van der Waals surface area (Å²) in [5.41, 5.74) is 7.94. The molecule has 1 aromatic rings. The van der Waals surface area contributed by atoms with Gasteiger partial charge in [-0.25, -0.2) is 0 Å². The molecule has 0 bridgehead atoms. The monoisotopic (exact) mass is 225 g/mol. The molecule has 0 aliphatic carbocycles. The van der Waals surface area contributed by atoms with Crippen molar-refractivity contribution in [3.63, 3.8) is 0 Å². The van der Waals surface area contributed by atoms with Gasteiger partial charge in [0, 0.05) is 17.5 Å². The van der Waals surface area contributed by atoms with Gasteiger partial charge in [-0.05, 0) is 36.6 Å². The van der Waals surface area contributed by atoms with Crippen LogP contribution >= 0.6 is 11.6 Å². The molecule has 0 radical (unpaired) electrons. The summed E-state index contributed by atoms with van der Waals surface area (Å²) in [6.07, 6.45) is 1.97. The first-order valence-corrected chi connectivity index (χ1v) is 5.75. The van der Waals surface area contributed by atoms with Gasteiger partial charge in [0.2, 0.25) is 0 Å². The molecule has 1 aliphatic heterocycles. The number of hydrogen-bond acceptors (Lipinski definition) is 2. The van der Waals surface area contributed by atoms with Crippen molar-refractivity contribution in [1.82, 2.24) is 0 Å². The van der Waals surface area contributed by atoms with Gasteiger partial charge < -0.3 is 10.5 Å². The van der Waals surface area contributed by atoms with Crippen molar-refractivity contribution in [2.45, 2.75) is 18.8 Å². The second-order valence-electron chi connectivity index (χ2n) is 3.96. The maximum Gasteiger partial charge on any atom is 0.0536 e. The van der Waals surface area contributed by atoms with Crippen LogP contribution in [-0.2, 0) is 11.2 Å². The van der Waals surface area contributed by atoms with Crippen molar-refractivity contribution in [3.05, 3.63) is 34.3 Å². The zero-order valence-corrected chi connectivity index (χ0v) is 9.46. The van der Waals surface area contributed by atoms with Crippen LogP contribution in [0.4, 0.5) is 0 Å². The molecule has 0 spiro atoms.